The van der Waals surface area contributed by atoms with Crippen molar-refractivity contribution in [3.8, 4) is 5.75 Å². The maximum absolute atomic E-state index is 13.1. The summed E-state index contributed by atoms with van der Waals surface area (Å²) in [6.45, 7) is 0. The van der Waals surface area contributed by atoms with Crippen LogP contribution in [0.4, 0.5) is 30.7 Å². The number of ether oxygens (including phenoxy) is 1. The molecule has 1 aromatic rings. The predicted molar refractivity (Wildman–Crippen MR) is 59.8 cm³/mol. The molecule has 0 amide bonds. The number of halogens is 7. The van der Waals surface area contributed by atoms with Crippen LogP contribution in [-0.4, -0.2) is 30.2 Å². The van der Waals surface area contributed by atoms with Gasteiger partial charge in [0.05, 0.1) is 7.11 Å². The van der Waals surface area contributed by atoms with E-state index in [-0.39, 0.29) is 4.90 Å². The zero-order valence-corrected chi connectivity index (χ0v) is 11.0. The van der Waals surface area contributed by atoms with Gasteiger partial charge in [-0.05, 0) is 36.0 Å². The lowest BCUT2D eigenvalue weighted by atomic mass is 10.2. The highest BCUT2D eigenvalue weighted by Crippen LogP contribution is 2.49. The van der Waals surface area contributed by atoms with E-state index in [1.54, 1.807) is 0 Å². The maximum Gasteiger partial charge on any atom is 0.460 e. The van der Waals surface area contributed by atoms with Crippen LogP contribution in [0.3, 0.4) is 0 Å². The van der Waals surface area contributed by atoms with Gasteiger partial charge in [0.1, 0.15) is 5.75 Å². The Morgan fingerprint density at radius 3 is 1.86 bits per heavy atom. The lowest BCUT2D eigenvalue weighted by molar-refractivity contribution is -0.341. The Morgan fingerprint density at radius 1 is 1.00 bits per heavy atom. The van der Waals surface area contributed by atoms with Crippen LogP contribution in [0, 0.1) is 0 Å². The average Bonchev–Trinajstić information content (AvgIpc) is 2.38. The molecule has 0 N–H and O–H groups in total. The second-order valence-electron chi connectivity index (χ2n) is 3.71. The number of hydrogen-bond acceptors (Lipinski definition) is 3. The first-order valence-electron chi connectivity index (χ1n) is 5.12. The second-order valence-corrected chi connectivity index (χ2v) is 4.76. The number of alkyl halides is 7. The quantitative estimate of drug-likeness (QED) is 0.610. The normalized spacial score (nSPS) is 13.1. The second kappa shape index (κ2) is 5.74. The third kappa shape index (κ3) is 3.42. The van der Waals surface area contributed by atoms with Gasteiger partial charge in [0.25, 0.3) is 5.12 Å². The van der Waals surface area contributed by atoms with Gasteiger partial charge in [-0.1, -0.05) is 0 Å². The molecule has 0 saturated carbocycles. The van der Waals surface area contributed by atoms with Gasteiger partial charge in [0.15, 0.2) is 0 Å². The number of carbonyl (C=O) groups is 1. The topological polar surface area (TPSA) is 26.3 Å². The van der Waals surface area contributed by atoms with Crippen molar-refractivity contribution in [2.45, 2.75) is 22.9 Å². The van der Waals surface area contributed by atoms with Crippen LogP contribution in [0.5, 0.6) is 5.75 Å². The molecule has 0 radical (unpaired) electrons. The lowest BCUT2D eigenvalue weighted by Crippen LogP contribution is -2.55. The van der Waals surface area contributed by atoms with E-state index in [1.165, 1.54) is 19.2 Å². The Bertz CT molecular complexity index is 510. The molecule has 10 heteroatoms. The van der Waals surface area contributed by atoms with E-state index in [0.717, 1.165) is 12.1 Å². The van der Waals surface area contributed by atoms with Crippen LogP contribution in [0.15, 0.2) is 29.2 Å². The minimum Gasteiger partial charge on any atom is -0.497 e. The van der Waals surface area contributed by atoms with Gasteiger partial charge in [-0.15, -0.1) is 0 Å². The molecule has 0 aliphatic carbocycles. The number of methoxy groups -OCH3 is 1. The fourth-order valence-corrected chi connectivity index (χ4v) is 1.86. The van der Waals surface area contributed by atoms with Gasteiger partial charge in [-0.25, -0.2) is 0 Å². The summed E-state index contributed by atoms with van der Waals surface area (Å²) >= 11 is -0.412. The van der Waals surface area contributed by atoms with Gasteiger partial charge in [0.2, 0.25) is 0 Å². The third-order valence-corrected chi connectivity index (χ3v) is 3.23. The standard InChI is InChI=1S/C11H7F7O2S/c1-20-6-2-4-7(5-3-6)21-8(19)9(12,13)10(14,15)11(16,17)18/h2-5H,1H3. The Morgan fingerprint density at radius 2 is 1.48 bits per heavy atom. The molecule has 1 aromatic carbocycles. The van der Waals surface area contributed by atoms with Crippen molar-refractivity contribution >= 4 is 16.9 Å². The fraction of sp³-hybridized carbons (Fsp3) is 0.364. The summed E-state index contributed by atoms with van der Waals surface area (Å²) in [5.74, 6) is -12.0. The van der Waals surface area contributed by atoms with Gasteiger partial charge in [-0.2, -0.15) is 30.7 Å². The van der Waals surface area contributed by atoms with Crippen LogP contribution in [-0.2, 0) is 4.79 Å². The molecule has 0 aromatic heterocycles. The van der Waals surface area contributed by atoms with Gasteiger partial charge in [-0.3, -0.25) is 4.79 Å². The average molecular weight is 336 g/mol. The third-order valence-electron chi connectivity index (χ3n) is 2.28. The molecule has 0 fully saturated rings. The first kappa shape index (κ1) is 17.6. The van der Waals surface area contributed by atoms with Crippen molar-refractivity contribution in [1.29, 1.82) is 0 Å². The molecule has 0 atom stereocenters. The summed E-state index contributed by atoms with van der Waals surface area (Å²) in [4.78, 5) is 10.9. The molecule has 0 unspecified atom stereocenters. The van der Waals surface area contributed by atoms with E-state index in [1.807, 2.05) is 0 Å². The molecule has 0 aliphatic rings. The molecular formula is C11H7F7O2S. The summed E-state index contributed by atoms with van der Waals surface area (Å²) in [6, 6.07) is 4.61. The van der Waals surface area contributed by atoms with Crippen LogP contribution >= 0.6 is 11.8 Å². The molecule has 2 nitrogen and oxygen atoms in total. The SMILES string of the molecule is COc1ccc(SC(=O)C(F)(F)C(F)(F)C(F)(F)F)cc1. The smallest absolute Gasteiger partial charge is 0.460 e. The van der Waals surface area contributed by atoms with Gasteiger partial charge >= 0.3 is 18.0 Å². The van der Waals surface area contributed by atoms with Crippen LogP contribution in [0.25, 0.3) is 0 Å². The first-order valence-corrected chi connectivity index (χ1v) is 5.94. The van der Waals surface area contributed by atoms with E-state index in [0.29, 0.717) is 5.75 Å². The maximum atomic E-state index is 13.1. The van der Waals surface area contributed by atoms with Crippen molar-refractivity contribution in [3.05, 3.63) is 24.3 Å². The predicted octanol–water partition coefficient (Wildman–Crippen LogP) is 4.15. The summed E-state index contributed by atoms with van der Waals surface area (Å²) in [5.41, 5.74) is 0. The summed E-state index contributed by atoms with van der Waals surface area (Å²) in [7, 11) is 1.30. The molecule has 118 valence electrons. The highest BCUT2D eigenvalue weighted by molar-refractivity contribution is 8.13. The van der Waals surface area contributed by atoms with E-state index in [2.05, 4.69) is 0 Å². The van der Waals surface area contributed by atoms with Crippen LogP contribution < -0.4 is 4.74 Å². The molecule has 0 saturated heterocycles. The minimum absolute atomic E-state index is 0.224. The Labute approximate surface area is 118 Å². The molecule has 1 rings (SSSR count). The number of thioether (sulfide) groups is 1. The minimum atomic E-state index is -6.54. The number of carbonyl (C=O) groups excluding carboxylic acids is 1. The molecule has 0 aliphatic heterocycles. The molecule has 21 heavy (non-hydrogen) atoms. The summed E-state index contributed by atoms with van der Waals surface area (Å²) < 4.78 is 91.9. The molecule has 0 spiro atoms. The summed E-state index contributed by atoms with van der Waals surface area (Å²) in [5, 5.41) is -2.60. The number of hydrogen-bond donors (Lipinski definition) is 0. The van der Waals surface area contributed by atoms with Crippen molar-refractivity contribution < 1.29 is 40.3 Å². The molecular weight excluding hydrogens is 329 g/mol. The van der Waals surface area contributed by atoms with Crippen molar-refractivity contribution in [2.75, 3.05) is 7.11 Å². The van der Waals surface area contributed by atoms with Crippen molar-refractivity contribution in [1.82, 2.24) is 0 Å². The first-order chi connectivity index (χ1) is 9.43. The highest BCUT2D eigenvalue weighted by atomic mass is 32.2. The van der Waals surface area contributed by atoms with Crippen LogP contribution in [0.2, 0.25) is 0 Å². The van der Waals surface area contributed by atoms with Gasteiger partial charge in [0, 0.05) is 4.90 Å². The fourth-order valence-electron chi connectivity index (χ4n) is 1.12. The van der Waals surface area contributed by atoms with E-state index in [9.17, 15) is 35.5 Å². The highest BCUT2D eigenvalue weighted by Gasteiger charge is 2.76. The Hall–Kier alpha value is -1.45. The zero-order valence-electron chi connectivity index (χ0n) is 10.2. The molecule has 0 heterocycles. The van der Waals surface area contributed by atoms with E-state index >= 15 is 0 Å². The van der Waals surface area contributed by atoms with E-state index < -0.39 is 34.9 Å². The Balaban J connectivity index is 2.96. The summed E-state index contributed by atoms with van der Waals surface area (Å²) in [6.07, 6.45) is -6.54. The molecule has 0 bridgehead atoms. The van der Waals surface area contributed by atoms with Crippen molar-refractivity contribution in [2.24, 2.45) is 0 Å². The lowest BCUT2D eigenvalue weighted by Gasteiger charge is -2.26. The number of benzene rings is 1. The number of rotatable bonds is 4. The van der Waals surface area contributed by atoms with Gasteiger partial charge < -0.3 is 4.74 Å². The van der Waals surface area contributed by atoms with Crippen molar-refractivity contribution in [3.63, 3.8) is 0 Å². The monoisotopic (exact) mass is 336 g/mol. The Kier molecular flexibility index (Phi) is 4.81. The van der Waals surface area contributed by atoms with Crippen LogP contribution in [0.1, 0.15) is 0 Å². The zero-order chi connectivity index (χ0) is 16.5. The van der Waals surface area contributed by atoms with E-state index in [4.69, 9.17) is 4.74 Å². The largest absolute Gasteiger partial charge is 0.497 e.